The van der Waals surface area contributed by atoms with Crippen molar-refractivity contribution in [2.45, 2.75) is 45.8 Å². The van der Waals surface area contributed by atoms with Crippen molar-refractivity contribution < 1.29 is 4.74 Å². The van der Waals surface area contributed by atoms with Gasteiger partial charge in [0.1, 0.15) is 16.8 Å². The van der Waals surface area contributed by atoms with Crippen LogP contribution in [0.15, 0.2) is 6.07 Å². The summed E-state index contributed by atoms with van der Waals surface area (Å²) in [7, 11) is 0. The van der Waals surface area contributed by atoms with Gasteiger partial charge in [-0.2, -0.15) is 0 Å². The average molecular weight is 270 g/mol. The van der Waals surface area contributed by atoms with Crippen LogP contribution in [0, 0.1) is 0 Å². The lowest BCUT2D eigenvalue weighted by Crippen LogP contribution is -2.47. The molecule has 1 fully saturated rings. The van der Waals surface area contributed by atoms with E-state index in [1.165, 1.54) is 0 Å². The number of rotatable bonds is 2. The van der Waals surface area contributed by atoms with E-state index >= 15 is 0 Å². The Morgan fingerprint density at radius 2 is 2.11 bits per heavy atom. The molecule has 0 spiro atoms. The van der Waals surface area contributed by atoms with Crippen LogP contribution in [0.1, 0.15) is 39.4 Å². The fourth-order valence-electron chi connectivity index (χ4n) is 2.05. The fourth-order valence-corrected chi connectivity index (χ4v) is 2.23. The van der Waals surface area contributed by atoms with Crippen molar-refractivity contribution in [3.8, 4) is 0 Å². The zero-order valence-corrected chi connectivity index (χ0v) is 12.1. The predicted octanol–water partition coefficient (Wildman–Crippen LogP) is 2.87. The number of hydrogen-bond acceptors (Lipinski definition) is 4. The zero-order valence-electron chi connectivity index (χ0n) is 11.4. The van der Waals surface area contributed by atoms with E-state index in [1.807, 2.05) is 6.07 Å². The van der Waals surface area contributed by atoms with Gasteiger partial charge in [0.05, 0.1) is 18.8 Å². The second kappa shape index (κ2) is 5.41. The molecule has 100 valence electrons. The third-order valence-electron chi connectivity index (χ3n) is 3.12. The molecule has 1 aromatic heterocycles. The molecule has 4 nitrogen and oxygen atoms in total. The molecule has 1 aromatic rings. The Labute approximate surface area is 113 Å². The molecule has 0 aromatic carbocycles. The maximum absolute atomic E-state index is 6.09. The van der Waals surface area contributed by atoms with Gasteiger partial charge in [-0.05, 0) is 13.8 Å². The lowest BCUT2D eigenvalue weighted by atomic mass is 10.2. The van der Waals surface area contributed by atoms with Crippen molar-refractivity contribution in [1.29, 1.82) is 0 Å². The first-order valence-corrected chi connectivity index (χ1v) is 6.78. The molecule has 0 amide bonds. The van der Waals surface area contributed by atoms with E-state index in [0.29, 0.717) is 11.2 Å². The average Bonchev–Trinajstić information content (AvgIpc) is 2.31. The van der Waals surface area contributed by atoms with Crippen LogP contribution in [0.4, 0.5) is 5.82 Å². The topological polar surface area (TPSA) is 38.2 Å². The number of halogens is 1. The lowest BCUT2D eigenvalue weighted by Gasteiger charge is -2.37. The van der Waals surface area contributed by atoms with Crippen molar-refractivity contribution in [1.82, 2.24) is 9.97 Å². The smallest absolute Gasteiger partial charge is 0.135 e. The van der Waals surface area contributed by atoms with Crippen LogP contribution in [-0.4, -0.2) is 35.3 Å². The molecule has 0 radical (unpaired) electrons. The highest BCUT2D eigenvalue weighted by Crippen LogP contribution is 2.24. The molecule has 1 aliphatic heterocycles. The van der Waals surface area contributed by atoms with E-state index in [-0.39, 0.29) is 12.0 Å². The van der Waals surface area contributed by atoms with Crippen molar-refractivity contribution >= 4 is 17.4 Å². The molecule has 2 atom stereocenters. The standard InChI is InChI=1S/C13H20ClN3O/c1-8(2)13-15-11(14)5-12(16-13)17-6-10(4)18-7-9(17)3/h5,8-10H,6-7H2,1-4H3. The Kier molecular flexibility index (Phi) is 4.07. The summed E-state index contributed by atoms with van der Waals surface area (Å²) in [5.41, 5.74) is 0. The minimum absolute atomic E-state index is 0.220. The molecule has 1 aliphatic rings. The van der Waals surface area contributed by atoms with Crippen LogP contribution >= 0.6 is 11.6 Å². The van der Waals surface area contributed by atoms with Crippen LogP contribution in [-0.2, 0) is 4.74 Å². The Hall–Kier alpha value is -0.870. The fraction of sp³-hybridized carbons (Fsp3) is 0.692. The highest BCUT2D eigenvalue weighted by Gasteiger charge is 2.25. The Balaban J connectivity index is 2.31. The van der Waals surface area contributed by atoms with Gasteiger partial charge >= 0.3 is 0 Å². The zero-order chi connectivity index (χ0) is 13.3. The molecule has 0 saturated carbocycles. The van der Waals surface area contributed by atoms with Gasteiger partial charge in [-0.1, -0.05) is 25.4 Å². The third kappa shape index (κ3) is 2.93. The molecule has 0 aliphatic carbocycles. The third-order valence-corrected chi connectivity index (χ3v) is 3.31. The van der Waals surface area contributed by atoms with Crippen molar-refractivity contribution in [2.75, 3.05) is 18.1 Å². The van der Waals surface area contributed by atoms with E-state index in [9.17, 15) is 0 Å². The summed E-state index contributed by atoms with van der Waals surface area (Å²) in [6, 6.07) is 2.15. The van der Waals surface area contributed by atoms with Gasteiger partial charge in [-0.3, -0.25) is 0 Å². The van der Waals surface area contributed by atoms with Gasteiger partial charge in [0.15, 0.2) is 0 Å². The molecule has 2 heterocycles. The number of nitrogens with zero attached hydrogens (tertiary/aromatic N) is 3. The van der Waals surface area contributed by atoms with Gasteiger partial charge in [0.2, 0.25) is 0 Å². The summed E-state index contributed by atoms with van der Waals surface area (Å²) in [5, 5.41) is 0.509. The SMILES string of the molecule is CC1CN(c2cc(Cl)nc(C(C)C)n2)C(C)CO1. The monoisotopic (exact) mass is 269 g/mol. The second-order valence-electron chi connectivity index (χ2n) is 5.21. The molecular formula is C13H20ClN3O. The number of morpholine rings is 1. The normalized spacial score (nSPS) is 24.7. The predicted molar refractivity (Wildman–Crippen MR) is 73.4 cm³/mol. The van der Waals surface area contributed by atoms with Crippen molar-refractivity contribution in [3.05, 3.63) is 17.0 Å². The van der Waals surface area contributed by atoms with Gasteiger partial charge in [0.25, 0.3) is 0 Å². The largest absolute Gasteiger partial charge is 0.375 e. The summed E-state index contributed by atoms with van der Waals surface area (Å²) in [6.45, 7) is 9.91. The van der Waals surface area contributed by atoms with E-state index in [1.54, 1.807) is 0 Å². The molecule has 5 heteroatoms. The molecule has 2 rings (SSSR count). The quantitative estimate of drug-likeness (QED) is 0.774. The molecule has 18 heavy (non-hydrogen) atoms. The first-order valence-electron chi connectivity index (χ1n) is 6.40. The van der Waals surface area contributed by atoms with Crippen LogP contribution in [0.2, 0.25) is 5.15 Å². The van der Waals surface area contributed by atoms with Crippen LogP contribution in [0.25, 0.3) is 0 Å². The lowest BCUT2D eigenvalue weighted by molar-refractivity contribution is 0.0340. The van der Waals surface area contributed by atoms with E-state index in [2.05, 4.69) is 42.6 Å². The highest BCUT2D eigenvalue weighted by atomic mass is 35.5. The Morgan fingerprint density at radius 3 is 2.78 bits per heavy atom. The minimum atomic E-state index is 0.220. The number of hydrogen-bond donors (Lipinski definition) is 0. The molecule has 0 N–H and O–H groups in total. The van der Waals surface area contributed by atoms with Crippen molar-refractivity contribution in [2.24, 2.45) is 0 Å². The summed E-state index contributed by atoms with van der Waals surface area (Å²) < 4.78 is 5.63. The van der Waals surface area contributed by atoms with E-state index in [0.717, 1.165) is 24.8 Å². The number of ether oxygens (including phenoxy) is 1. The summed E-state index contributed by atoms with van der Waals surface area (Å²) in [6.07, 6.45) is 0.220. The molecule has 2 unspecified atom stereocenters. The number of aromatic nitrogens is 2. The molecule has 1 saturated heterocycles. The summed E-state index contributed by atoms with van der Waals surface area (Å²) >= 11 is 6.09. The maximum atomic E-state index is 6.09. The summed E-state index contributed by atoms with van der Waals surface area (Å²) in [4.78, 5) is 11.1. The van der Waals surface area contributed by atoms with Crippen molar-refractivity contribution in [3.63, 3.8) is 0 Å². The Morgan fingerprint density at radius 1 is 1.39 bits per heavy atom. The number of anilines is 1. The maximum Gasteiger partial charge on any atom is 0.135 e. The van der Waals surface area contributed by atoms with E-state index in [4.69, 9.17) is 16.3 Å². The van der Waals surface area contributed by atoms with Gasteiger partial charge < -0.3 is 9.64 Å². The van der Waals surface area contributed by atoms with Gasteiger partial charge in [-0.15, -0.1) is 0 Å². The Bertz CT molecular complexity index is 425. The van der Waals surface area contributed by atoms with Crippen LogP contribution < -0.4 is 4.90 Å². The van der Waals surface area contributed by atoms with E-state index < -0.39 is 0 Å². The first kappa shape index (κ1) is 13.6. The van der Waals surface area contributed by atoms with Gasteiger partial charge in [0, 0.05) is 18.5 Å². The van der Waals surface area contributed by atoms with Crippen LogP contribution in [0.5, 0.6) is 0 Å². The second-order valence-corrected chi connectivity index (χ2v) is 5.59. The summed E-state index contributed by atoms with van der Waals surface area (Å²) in [5.74, 6) is 1.97. The van der Waals surface area contributed by atoms with Gasteiger partial charge in [-0.25, -0.2) is 9.97 Å². The highest BCUT2D eigenvalue weighted by molar-refractivity contribution is 6.29. The molecule has 0 bridgehead atoms. The van der Waals surface area contributed by atoms with Crippen LogP contribution in [0.3, 0.4) is 0 Å². The molecular weight excluding hydrogens is 250 g/mol. The first-order chi connectivity index (χ1) is 8.47. The minimum Gasteiger partial charge on any atom is -0.375 e.